The quantitative estimate of drug-likeness (QED) is 0.616. The molecule has 30 heavy (non-hydrogen) atoms. The van der Waals surface area contributed by atoms with Crippen LogP contribution in [0.3, 0.4) is 0 Å². The second-order valence-electron chi connectivity index (χ2n) is 6.69. The van der Waals surface area contributed by atoms with Crippen LogP contribution in [0.5, 0.6) is 5.75 Å². The molecular weight excluding hydrogens is 440 g/mol. The van der Waals surface area contributed by atoms with Crippen LogP contribution in [-0.4, -0.2) is 32.9 Å². The van der Waals surface area contributed by atoms with Crippen molar-refractivity contribution in [1.82, 2.24) is 5.06 Å². The van der Waals surface area contributed by atoms with Crippen molar-refractivity contribution in [2.24, 2.45) is 0 Å². The lowest BCUT2D eigenvalue weighted by molar-refractivity contribution is -0.276. The molecule has 164 valence electrons. The highest BCUT2D eigenvalue weighted by atomic mass is 32.2. The van der Waals surface area contributed by atoms with E-state index in [9.17, 15) is 34.8 Å². The van der Waals surface area contributed by atoms with Crippen LogP contribution >= 0.6 is 0 Å². The molecule has 12 heteroatoms. The Balaban J connectivity index is 1.71. The number of benzene rings is 2. The van der Waals surface area contributed by atoms with Gasteiger partial charge in [0.1, 0.15) is 5.75 Å². The number of ether oxygens (including phenoxy) is 1. The van der Waals surface area contributed by atoms with Gasteiger partial charge in [-0.2, -0.15) is 30.9 Å². The number of hydrogen-bond acceptors (Lipinski definition) is 5. The lowest BCUT2D eigenvalue weighted by atomic mass is 9.91. The van der Waals surface area contributed by atoms with Crippen LogP contribution in [0.4, 0.5) is 26.3 Å². The highest BCUT2D eigenvalue weighted by Crippen LogP contribution is 2.41. The van der Waals surface area contributed by atoms with Crippen molar-refractivity contribution in [3.8, 4) is 5.75 Å². The predicted molar refractivity (Wildman–Crippen MR) is 91.9 cm³/mol. The molecule has 0 N–H and O–H groups in total. The first-order valence-corrected chi connectivity index (χ1v) is 9.88. The fourth-order valence-electron chi connectivity index (χ4n) is 2.83. The maximum Gasteiger partial charge on any atom is 0.573 e. The van der Waals surface area contributed by atoms with E-state index in [0.29, 0.717) is 12.1 Å². The first-order valence-electron chi connectivity index (χ1n) is 8.48. The molecule has 1 saturated heterocycles. The monoisotopic (exact) mass is 455 g/mol. The first kappa shape index (κ1) is 22.4. The molecule has 2 aromatic carbocycles. The van der Waals surface area contributed by atoms with Crippen LogP contribution < -0.4 is 4.74 Å². The van der Waals surface area contributed by atoms with E-state index in [4.69, 9.17) is 4.28 Å². The third kappa shape index (κ3) is 5.24. The first-order chi connectivity index (χ1) is 13.7. The lowest BCUT2D eigenvalue weighted by Crippen LogP contribution is -2.45. The van der Waals surface area contributed by atoms with E-state index in [1.54, 1.807) is 19.1 Å². The third-order valence-corrected chi connectivity index (χ3v) is 5.62. The van der Waals surface area contributed by atoms with Crippen molar-refractivity contribution in [3.05, 3.63) is 59.2 Å². The topological polar surface area (TPSA) is 55.8 Å². The lowest BCUT2D eigenvalue weighted by Gasteiger charge is -2.37. The fourth-order valence-corrected chi connectivity index (χ4v) is 3.79. The summed E-state index contributed by atoms with van der Waals surface area (Å²) in [7, 11) is -4.10. The fraction of sp³-hybridized carbons (Fsp3) is 0.333. The third-order valence-electron chi connectivity index (χ3n) is 4.37. The molecule has 5 nitrogen and oxygen atoms in total. The summed E-state index contributed by atoms with van der Waals surface area (Å²) in [5.41, 5.74) is -0.634. The van der Waals surface area contributed by atoms with Gasteiger partial charge in [0.25, 0.3) is 0 Å². The molecule has 3 rings (SSSR count). The van der Waals surface area contributed by atoms with Crippen LogP contribution in [-0.2, 0) is 20.6 Å². The Kier molecular flexibility index (Phi) is 5.78. The van der Waals surface area contributed by atoms with Gasteiger partial charge in [0.15, 0.2) is 0 Å². The Labute approximate surface area is 167 Å². The average molecular weight is 455 g/mol. The van der Waals surface area contributed by atoms with E-state index < -0.39 is 39.9 Å². The smallest absolute Gasteiger partial charge is 0.405 e. The molecule has 1 fully saturated rings. The van der Waals surface area contributed by atoms with Gasteiger partial charge in [0.05, 0.1) is 10.5 Å². The Morgan fingerprint density at radius 1 is 0.967 bits per heavy atom. The molecule has 2 aromatic rings. The highest BCUT2D eigenvalue weighted by Gasteiger charge is 2.41. The van der Waals surface area contributed by atoms with E-state index in [-0.39, 0.29) is 23.5 Å². The molecule has 1 aliphatic heterocycles. The van der Waals surface area contributed by atoms with Gasteiger partial charge in [0, 0.05) is 19.0 Å². The van der Waals surface area contributed by atoms with E-state index in [2.05, 4.69) is 4.74 Å². The van der Waals surface area contributed by atoms with Gasteiger partial charge in [0.2, 0.25) is 0 Å². The molecular formula is C18H15F6NO4S. The van der Waals surface area contributed by atoms with Crippen LogP contribution in [0.1, 0.15) is 22.6 Å². The standard InChI is InChI=1S/C18H15F6NO4S/c1-11-2-5-14(6-3-11)30(26,27)29-25-9-13(10-25)12-4-7-16(28-18(22,23)24)15(8-12)17(19,20)21/h2-8,13H,9-10H2,1H3. The van der Waals surface area contributed by atoms with Crippen LogP contribution in [0.15, 0.2) is 47.4 Å². The number of nitrogens with zero attached hydrogens (tertiary/aromatic N) is 1. The summed E-state index contributed by atoms with van der Waals surface area (Å²) in [6.07, 6.45) is -10.3. The zero-order valence-corrected chi connectivity index (χ0v) is 16.1. The van der Waals surface area contributed by atoms with Crippen molar-refractivity contribution in [3.63, 3.8) is 0 Å². The van der Waals surface area contributed by atoms with Crippen molar-refractivity contribution in [2.75, 3.05) is 13.1 Å². The van der Waals surface area contributed by atoms with E-state index in [1.807, 2.05) is 0 Å². The minimum Gasteiger partial charge on any atom is -0.405 e. The Morgan fingerprint density at radius 2 is 1.57 bits per heavy atom. The molecule has 0 bridgehead atoms. The van der Waals surface area contributed by atoms with Crippen LogP contribution in [0, 0.1) is 6.92 Å². The van der Waals surface area contributed by atoms with Gasteiger partial charge >= 0.3 is 22.7 Å². The molecule has 0 saturated carbocycles. The average Bonchev–Trinajstić information content (AvgIpc) is 2.56. The summed E-state index contributed by atoms with van der Waals surface area (Å²) in [5, 5.41) is 1.05. The SMILES string of the molecule is Cc1ccc(S(=O)(=O)ON2CC(c3ccc(OC(F)(F)F)c(C(F)(F)F)c3)C2)cc1. The van der Waals surface area contributed by atoms with Crippen molar-refractivity contribution < 1.29 is 43.8 Å². The normalized spacial score (nSPS) is 16.4. The van der Waals surface area contributed by atoms with E-state index in [1.165, 1.54) is 12.1 Å². The van der Waals surface area contributed by atoms with Crippen molar-refractivity contribution >= 4 is 10.1 Å². The molecule has 0 spiro atoms. The molecule has 0 atom stereocenters. The number of hydroxylamine groups is 2. The van der Waals surface area contributed by atoms with Gasteiger partial charge in [-0.1, -0.05) is 23.8 Å². The second-order valence-corrected chi connectivity index (χ2v) is 8.22. The van der Waals surface area contributed by atoms with E-state index in [0.717, 1.165) is 16.7 Å². The summed E-state index contributed by atoms with van der Waals surface area (Å²) >= 11 is 0. The predicted octanol–water partition coefficient (Wildman–Crippen LogP) is 4.63. The van der Waals surface area contributed by atoms with Crippen molar-refractivity contribution in [1.29, 1.82) is 0 Å². The van der Waals surface area contributed by atoms with Gasteiger partial charge in [-0.15, -0.1) is 13.2 Å². The largest absolute Gasteiger partial charge is 0.573 e. The summed E-state index contributed by atoms with van der Waals surface area (Å²) in [4.78, 5) is -0.0791. The Bertz CT molecular complexity index is 1010. The number of halogens is 6. The van der Waals surface area contributed by atoms with Crippen LogP contribution in [0.2, 0.25) is 0 Å². The maximum absolute atomic E-state index is 13.1. The zero-order valence-electron chi connectivity index (χ0n) is 15.3. The van der Waals surface area contributed by atoms with Gasteiger partial charge in [-0.3, -0.25) is 0 Å². The van der Waals surface area contributed by atoms with Gasteiger partial charge in [-0.25, -0.2) is 0 Å². The number of rotatable bonds is 5. The maximum atomic E-state index is 13.1. The summed E-state index contributed by atoms with van der Waals surface area (Å²) in [5.74, 6) is -1.91. The number of hydrogen-bond donors (Lipinski definition) is 0. The van der Waals surface area contributed by atoms with E-state index >= 15 is 0 Å². The zero-order chi connectivity index (χ0) is 22.3. The molecule has 0 aliphatic carbocycles. The van der Waals surface area contributed by atoms with Gasteiger partial charge < -0.3 is 4.74 Å². The Morgan fingerprint density at radius 3 is 2.10 bits per heavy atom. The highest BCUT2D eigenvalue weighted by molar-refractivity contribution is 7.86. The molecule has 1 aliphatic rings. The summed E-state index contributed by atoms with van der Waals surface area (Å²) in [6, 6.07) is 8.12. The Hall–Kier alpha value is -2.31. The molecule has 0 radical (unpaired) electrons. The van der Waals surface area contributed by atoms with Gasteiger partial charge in [-0.05, 0) is 36.8 Å². The molecule has 0 unspecified atom stereocenters. The van der Waals surface area contributed by atoms with Crippen molar-refractivity contribution in [2.45, 2.75) is 30.3 Å². The summed E-state index contributed by atoms with van der Waals surface area (Å²) in [6.45, 7) is 1.67. The minimum atomic E-state index is -5.27. The number of aryl methyl sites for hydroxylation is 1. The molecule has 1 heterocycles. The molecule has 0 amide bonds. The minimum absolute atomic E-state index is 0.0537. The molecule has 0 aromatic heterocycles. The second kappa shape index (κ2) is 7.75. The summed E-state index contributed by atoms with van der Waals surface area (Å²) < 4.78 is 109. The number of alkyl halides is 6. The van der Waals surface area contributed by atoms with Crippen LogP contribution in [0.25, 0.3) is 0 Å².